The fourth-order valence-corrected chi connectivity index (χ4v) is 1.32. The van der Waals surface area contributed by atoms with E-state index in [4.69, 9.17) is 6.11 Å². The fraction of sp³-hybridized carbons (Fsp3) is 1.00. The molecular formula is C6H12N2O. The lowest BCUT2D eigenvalue weighted by atomic mass is 10.1. The lowest BCUT2D eigenvalue weighted by Gasteiger charge is -2.36. The highest BCUT2D eigenvalue weighted by atomic mass is 16.5. The number of hydrogen-bond acceptors (Lipinski definition) is 3. The van der Waals surface area contributed by atoms with E-state index in [2.05, 4.69) is 10.6 Å². The second kappa shape index (κ2) is 2.25. The molecule has 0 amide bonds. The minimum atomic E-state index is -0.371. The highest BCUT2D eigenvalue weighted by Gasteiger charge is 2.24. The van der Waals surface area contributed by atoms with E-state index in [-0.39, 0.29) is 12.6 Å². The van der Waals surface area contributed by atoms with Gasteiger partial charge in [0.05, 0.1) is 14.6 Å². The SMILES string of the molecule is [2H]C1OCC2CNCC1N2. The van der Waals surface area contributed by atoms with E-state index in [0.717, 1.165) is 13.1 Å². The van der Waals surface area contributed by atoms with E-state index in [1.54, 1.807) is 0 Å². The Hall–Kier alpha value is -0.120. The highest BCUT2D eigenvalue weighted by molar-refractivity contribution is 4.86. The van der Waals surface area contributed by atoms with Gasteiger partial charge in [-0.3, -0.25) is 0 Å². The van der Waals surface area contributed by atoms with Gasteiger partial charge in [0.25, 0.3) is 0 Å². The van der Waals surface area contributed by atoms with Crippen LogP contribution in [-0.2, 0) is 4.74 Å². The van der Waals surface area contributed by atoms with Crippen LogP contribution >= 0.6 is 0 Å². The zero-order valence-corrected chi connectivity index (χ0v) is 5.26. The molecule has 9 heavy (non-hydrogen) atoms. The summed E-state index contributed by atoms with van der Waals surface area (Å²) in [5, 5.41) is 6.58. The van der Waals surface area contributed by atoms with Gasteiger partial charge in [0.1, 0.15) is 0 Å². The molecule has 0 aromatic carbocycles. The van der Waals surface area contributed by atoms with Gasteiger partial charge in [-0.05, 0) is 0 Å². The van der Waals surface area contributed by atoms with E-state index in [9.17, 15) is 0 Å². The first-order valence-electron chi connectivity index (χ1n) is 3.94. The normalized spacial score (nSPS) is 52.4. The van der Waals surface area contributed by atoms with E-state index in [1.165, 1.54) is 0 Å². The van der Waals surface area contributed by atoms with E-state index in [0.29, 0.717) is 12.6 Å². The molecule has 0 aliphatic carbocycles. The van der Waals surface area contributed by atoms with Gasteiger partial charge in [-0.1, -0.05) is 0 Å². The molecule has 0 radical (unpaired) electrons. The van der Waals surface area contributed by atoms with Crippen LogP contribution in [0.1, 0.15) is 1.37 Å². The maximum absolute atomic E-state index is 7.43. The Bertz CT molecular complexity index is 131. The van der Waals surface area contributed by atoms with E-state index in [1.807, 2.05) is 0 Å². The number of fused-ring (bicyclic) bond motifs is 2. The Kier molecular flexibility index (Phi) is 1.16. The zero-order chi connectivity index (χ0) is 6.97. The lowest BCUT2D eigenvalue weighted by molar-refractivity contribution is 0.0310. The molecule has 0 saturated carbocycles. The predicted octanol–water partition coefficient (Wildman–Crippen LogP) is -1.05. The average Bonchev–Trinajstić information content (AvgIpc) is 1.99. The molecule has 3 atom stereocenters. The molecule has 3 unspecified atom stereocenters. The maximum atomic E-state index is 7.43. The molecule has 2 aliphatic rings. The topological polar surface area (TPSA) is 33.3 Å². The summed E-state index contributed by atoms with van der Waals surface area (Å²) in [6, 6.07) is 0.632. The number of morpholine rings is 1. The number of hydrogen-bond donors (Lipinski definition) is 2. The van der Waals surface area contributed by atoms with Crippen molar-refractivity contribution >= 4 is 0 Å². The molecule has 0 aromatic rings. The van der Waals surface area contributed by atoms with Crippen LogP contribution in [0.25, 0.3) is 0 Å². The lowest BCUT2D eigenvalue weighted by Crippen LogP contribution is -2.61. The minimum Gasteiger partial charge on any atom is -0.378 e. The van der Waals surface area contributed by atoms with Gasteiger partial charge in [0.15, 0.2) is 0 Å². The average molecular weight is 129 g/mol. The summed E-state index contributed by atoms with van der Waals surface area (Å²) >= 11 is 0. The second-order valence-corrected chi connectivity index (χ2v) is 2.60. The number of rotatable bonds is 0. The summed E-state index contributed by atoms with van der Waals surface area (Å²) in [5.41, 5.74) is 0. The van der Waals surface area contributed by atoms with Crippen LogP contribution in [0.3, 0.4) is 0 Å². The Balaban J connectivity index is 2.00. The van der Waals surface area contributed by atoms with Crippen LogP contribution in [0, 0.1) is 0 Å². The van der Waals surface area contributed by atoms with Crippen molar-refractivity contribution in [3.63, 3.8) is 0 Å². The van der Waals surface area contributed by atoms with Gasteiger partial charge in [-0.2, -0.15) is 0 Å². The standard InChI is InChI=1S/C6H12N2O/c1-5-3-9-4-6(8-5)2-7-1/h5-8H,1-4H2/i3D. The summed E-state index contributed by atoms with van der Waals surface area (Å²) < 4.78 is 12.6. The molecule has 0 aromatic heterocycles. The van der Waals surface area contributed by atoms with Crippen LogP contribution in [0.2, 0.25) is 0 Å². The smallest absolute Gasteiger partial charge is 0.0632 e. The number of ether oxygens (including phenoxy) is 1. The van der Waals surface area contributed by atoms with Gasteiger partial charge in [0.2, 0.25) is 0 Å². The third-order valence-electron chi connectivity index (χ3n) is 1.76. The Morgan fingerprint density at radius 1 is 1.44 bits per heavy atom. The van der Waals surface area contributed by atoms with Crippen molar-refractivity contribution in [3.05, 3.63) is 0 Å². The molecular weight excluding hydrogens is 116 g/mol. The van der Waals surface area contributed by atoms with Gasteiger partial charge < -0.3 is 15.4 Å². The van der Waals surface area contributed by atoms with Crippen molar-refractivity contribution in [2.24, 2.45) is 0 Å². The molecule has 2 saturated heterocycles. The first kappa shape index (κ1) is 4.66. The summed E-state index contributed by atoms with van der Waals surface area (Å²) in [6.07, 6.45) is 0. The second-order valence-electron chi connectivity index (χ2n) is 2.60. The zero-order valence-electron chi connectivity index (χ0n) is 6.26. The monoisotopic (exact) mass is 129 g/mol. The minimum absolute atomic E-state index is 0.201. The van der Waals surface area contributed by atoms with E-state index >= 15 is 0 Å². The van der Waals surface area contributed by atoms with Gasteiger partial charge in [-0.25, -0.2) is 0 Å². The molecule has 2 rings (SSSR count). The van der Waals surface area contributed by atoms with Crippen LogP contribution in [0.5, 0.6) is 0 Å². The van der Waals surface area contributed by atoms with Gasteiger partial charge in [0, 0.05) is 25.2 Å². The largest absolute Gasteiger partial charge is 0.378 e. The molecule has 0 spiro atoms. The van der Waals surface area contributed by atoms with Gasteiger partial charge in [-0.15, -0.1) is 0 Å². The van der Waals surface area contributed by atoms with Crippen molar-refractivity contribution in [1.82, 2.24) is 10.6 Å². The number of nitrogens with one attached hydrogen (secondary N) is 2. The first-order chi connectivity index (χ1) is 4.86. The Labute approximate surface area is 56.2 Å². The molecule has 2 aliphatic heterocycles. The number of piperazine rings is 1. The maximum Gasteiger partial charge on any atom is 0.0632 e. The Morgan fingerprint density at radius 3 is 3.22 bits per heavy atom. The Morgan fingerprint density at radius 2 is 2.33 bits per heavy atom. The van der Waals surface area contributed by atoms with Crippen LogP contribution in [0.4, 0.5) is 0 Å². The highest BCUT2D eigenvalue weighted by Crippen LogP contribution is 2.01. The summed E-state index contributed by atoms with van der Waals surface area (Å²) in [6.45, 7) is 2.15. The summed E-state index contributed by atoms with van der Waals surface area (Å²) in [4.78, 5) is 0. The van der Waals surface area contributed by atoms with Crippen molar-refractivity contribution in [2.75, 3.05) is 26.3 Å². The van der Waals surface area contributed by atoms with Crippen molar-refractivity contribution in [1.29, 1.82) is 0 Å². The molecule has 2 bridgehead atoms. The first-order valence-corrected chi connectivity index (χ1v) is 3.37. The molecule has 3 heteroatoms. The third-order valence-corrected chi connectivity index (χ3v) is 1.76. The third kappa shape index (κ3) is 1.08. The molecule has 52 valence electrons. The molecule has 2 heterocycles. The fourth-order valence-electron chi connectivity index (χ4n) is 1.32. The van der Waals surface area contributed by atoms with Crippen molar-refractivity contribution in [3.8, 4) is 0 Å². The van der Waals surface area contributed by atoms with E-state index < -0.39 is 0 Å². The van der Waals surface area contributed by atoms with Crippen molar-refractivity contribution < 1.29 is 6.11 Å². The predicted molar refractivity (Wildman–Crippen MR) is 34.4 cm³/mol. The van der Waals surface area contributed by atoms with Gasteiger partial charge >= 0.3 is 0 Å². The van der Waals surface area contributed by atoms with Crippen LogP contribution < -0.4 is 10.6 Å². The molecule has 2 N–H and O–H groups in total. The summed E-state index contributed by atoms with van der Waals surface area (Å²) in [5.74, 6) is 0. The molecule has 3 nitrogen and oxygen atoms in total. The van der Waals surface area contributed by atoms with Crippen molar-refractivity contribution in [2.45, 2.75) is 12.1 Å². The molecule has 2 fully saturated rings. The van der Waals surface area contributed by atoms with Crippen LogP contribution in [-0.4, -0.2) is 38.4 Å². The van der Waals surface area contributed by atoms with Crippen LogP contribution in [0.15, 0.2) is 0 Å². The summed E-state index contributed by atoms with van der Waals surface area (Å²) in [7, 11) is 0. The quantitative estimate of drug-likeness (QED) is 0.438.